The fraction of sp³-hybridized carbons (Fsp3) is 0.233. The van der Waals surface area contributed by atoms with Crippen LogP contribution in [0.2, 0.25) is 0 Å². The molecule has 1 aliphatic carbocycles. The largest absolute Gasteiger partial charge is 0.453 e. The number of aromatic nitrogens is 1. The number of benzene rings is 2. The molecule has 9 heteroatoms. The van der Waals surface area contributed by atoms with Gasteiger partial charge in [0.25, 0.3) is 0 Å². The molecule has 2 amide bonds. The molecule has 0 radical (unpaired) electrons. The highest BCUT2D eigenvalue weighted by Crippen LogP contribution is 2.49. The summed E-state index contributed by atoms with van der Waals surface area (Å²) in [7, 11) is 2.10. The number of ether oxygens (including phenoxy) is 1. The average molecular weight is 543 g/mol. The second-order valence-electron chi connectivity index (χ2n) is 10.0. The van der Waals surface area contributed by atoms with Crippen molar-refractivity contribution in [3.05, 3.63) is 83.6 Å². The fourth-order valence-electron chi connectivity index (χ4n) is 4.84. The van der Waals surface area contributed by atoms with Gasteiger partial charge in [-0.2, -0.15) is 0 Å². The van der Waals surface area contributed by atoms with Gasteiger partial charge in [0.2, 0.25) is 11.8 Å². The highest BCUT2D eigenvalue weighted by atomic mass is 32.1. The predicted octanol–water partition coefficient (Wildman–Crippen LogP) is 5.88. The number of para-hydroxylation sites is 1. The van der Waals surface area contributed by atoms with Gasteiger partial charge in [0.15, 0.2) is 11.6 Å². The van der Waals surface area contributed by atoms with Crippen LogP contribution < -0.4 is 15.4 Å². The Morgan fingerprint density at radius 3 is 2.54 bits per heavy atom. The number of likely N-dealkylation sites (N-methyl/N-ethyl adjacent to an activating group) is 1. The van der Waals surface area contributed by atoms with E-state index < -0.39 is 23.0 Å². The van der Waals surface area contributed by atoms with Crippen molar-refractivity contribution < 1.29 is 18.7 Å². The first-order chi connectivity index (χ1) is 18.9. The minimum Gasteiger partial charge on any atom is -0.453 e. The quantitative estimate of drug-likeness (QED) is 0.295. The third-order valence-corrected chi connectivity index (χ3v) is 8.56. The van der Waals surface area contributed by atoms with Crippen molar-refractivity contribution in [2.24, 2.45) is 11.1 Å². The average Bonchev–Trinajstić information content (AvgIpc) is 3.64. The van der Waals surface area contributed by atoms with Gasteiger partial charge in [-0.1, -0.05) is 24.3 Å². The van der Waals surface area contributed by atoms with Gasteiger partial charge in [0.05, 0.1) is 15.9 Å². The van der Waals surface area contributed by atoms with Crippen molar-refractivity contribution in [1.82, 2.24) is 9.88 Å². The number of anilines is 2. The Labute approximate surface area is 229 Å². The number of rotatable bonds is 7. The summed E-state index contributed by atoms with van der Waals surface area (Å²) in [5.41, 5.74) is 7.21. The number of carbonyl (C=O) groups excluding carboxylic acids is 2. The van der Waals surface area contributed by atoms with Crippen LogP contribution >= 0.6 is 11.3 Å². The maximum absolute atomic E-state index is 15.5. The number of thiophene rings is 1. The van der Waals surface area contributed by atoms with Gasteiger partial charge in [-0.05, 0) is 62.2 Å². The molecule has 2 aromatic heterocycles. The second kappa shape index (κ2) is 9.91. The Morgan fingerprint density at radius 2 is 1.87 bits per heavy atom. The molecule has 2 N–H and O–H groups in total. The van der Waals surface area contributed by atoms with Crippen molar-refractivity contribution in [2.75, 3.05) is 25.0 Å². The standard InChI is InChI=1S/C30H27FN4O3S/c1-34-15-10-19(11-16-34)26-18-23-27(39-26)25(9-14-33-23)38-24-8-7-21(17-22(24)31)35(20-5-3-2-4-6-20)29(37)30(12-13-30)28(32)36/h2-10,14,17-18H,11-13,15-16H2,1H3,(H2,32,36). The van der Waals surface area contributed by atoms with Crippen LogP contribution in [0.3, 0.4) is 0 Å². The van der Waals surface area contributed by atoms with E-state index >= 15 is 4.39 Å². The molecular formula is C30H27FN4O3S. The van der Waals surface area contributed by atoms with Crippen LogP contribution in [0.1, 0.15) is 24.1 Å². The zero-order valence-electron chi connectivity index (χ0n) is 21.4. The Hall–Kier alpha value is -4.08. The Morgan fingerprint density at radius 1 is 1.08 bits per heavy atom. The Kier molecular flexibility index (Phi) is 6.40. The lowest BCUT2D eigenvalue weighted by atomic mass is 10.0. The van der Waals surface area contributed by atoms with Crippen LogP contribution in [0.15, 0.2) is 72.9 Å². The minimum atomic E-state index is -1.26. The molecule has 198 valence electrons. The molecule has 3 heterocycles. The van der Waals surface area contributed by atoms with Gasteiger partial charge in [-0.15, -0.1) is 11.3 Å². The zero-order chi connectivity index (χ0) is 27.1. The normalized spacial score (nSPS) is 16.5. The second-order valence-corrected chi connectivity index (χ2v) is 11.1. The Bertz CT molecular complexity index is 1610. The fourth-order valence-corrected chi connectivity index (χ4v) is 5.98. The van der Waals surface area contributed by atoms with E-state index in [9.17, 15) is 9.59 Å². The molecule has 1 fully saturated rings. The van der Waals surface area contributed by atoms with Gasteiger partial charge < -0.3 is 15.4 Å². The first-order valence-corrected chi connectivity index (χ1v) is 13.6. The summed E-state index contributed by atoms with van der Waals surface area (Å²) in [4.78, 5) is 34.9. The van der Waals surface area contributed by atoms with Crippen LogP contribution in [0.5, 0.6) is 11.5 Å². The summed E-state index contributed by atoms with van der Waals surface area (Å²) >= 11 is 1.58. The lowest BCUT2D eigenvalue weighted by Crippen LogP contribution is -2.41. The van der Waals surface area contributed by atoms with Crippen molar-refractivity contribution in [3.8, 4) is 11.5 Å². The van der Waals surface area contributed by atoms with E-state index in [-0.39, 0.29) is 11.4 Å². The highest BCUT2D eigenvalue weighted by molar-refractivity contribution is 7.20. The number of amides is 2. The summed E-state index contributed by atoms with van der Waals surface area (Å²) in [6.07, 6.45) is 5.60. The van der Waals surface area contributed by atoms with E-state index in [4.69, 9.17) is 10.5 Å². The molecule has 0 saturated heterocycles. The van der Waals surface area contributed by atoms with Gasteiger partial charge >= 0.3 is 0 Å². The number of hydrogen-bond donors (Lipinski definition) is 1. The van der Waals surface area contributed by atoms with Crippen molar-refractivity contribution in [3.63, 3.8) is 0 Å². The number of nitrogens with two attached hydrogens (primary N) is 1. The molecule has 0 unspecified atom stereocenters. The van der Waals surface area contributed by atoms with E-state index in [0.29, 0.717) is 24.3 Å². The van der Waals surface area contributed by atoms with Crippen molar-refractivity contribution >= 4 is 50.3 Å². The van der Waals surface area contributed by atoms with Gasteiger partial charge in [-0.3, -0.25) is 19.5 Å². The molecule has 2 aliphatic rings. The maximum Gasteiger partial charge on any atom is 0.247 e. The molecule has 1 aliphatic heterocycles. The topological polar surface area (TPSA) is 88.8 Å². The number of pyridine rings is 1. The maximum atomic E-state index is 15.5. The smallest absolute Gasteiger partial charge is 0.247 e. The van der Waals surface area contributed by atoms with Crippen LogP contribution in [0.4, 0.5) is 15.8 Å². The number of nitrogens with zero attached hydrogens (tertiary/aromatic N) is 3. The zero-order valence-corrected chi connectivity index (χ0v) is 22.2. The molecule has 6 rings (SSSR count). The summed E-state index contributed by atoms with van der Waals surface area (Å²) in [6, 6.07) is 17.0. The van der Waals surface area contributed by atoms with E-state index in [2.05, 4.69) is 29.1 Å². The van der Waals surface area contributed by atoms with E-state index in [1.165, 1.54) is 22.6 Å². The summed E-state index contributed by atoms with van der Waals surface area (Å²) in [5, 5.41) is 0. The third kappa shape index (κ3) is 4.68. The first-order valence-electron chi connectivity index (χ1n) is 12.8. The third-order valence-electron chi connectivity index (χ3n) is 7.35. The summed E-state index contributed by atoms with van der Waals surface area (Å²) in [5.74, 6) is -1.22. The SMILES string of the molecule is CN1CC=C(c2cc3nccc(Oc4ccc(N(C(=O)C5(C(N)=O)CC5)c5ccccc5)cc4F)c3s2)CC1. The first kappa shape index (κ1) is 25.2. The van der Waals surface area contributed by atoms with Crippen LogP contribution in [0.25, 0.3) is 15.8 Å². The highest BCUT2D eigenvalue weighted by Gasteiger charge is 2.57. The van der Waals surface area contributed by atoms with E-state index in [1.807, 2.05) is 6.07 Å². The number of primary amides is 1. The number of halogens is 1. The molecule has 2 aromatic carbocycles. The Balaban J connectivity index is 1.32. The van der Waals surface area contributed by atoms with Crippen molar-refractivity contribution in [1.29, 1.82) is 0 Å². The molecule has 0 bridgehead atoms. The molecule has 0 spiro atoms. The van der Waals surface area contributed by atoms with Crippen molar-refractivity contribution in [2.45, 2.75) is 19.3 Å². The van der Waals surface area contributed by atoms with E-state index in [1.54, 1.807) is 53.9 Å². The lowest BCUT2D eigenvalue weighted by Gasteiger charge is -2.26. The minimum absolute atomic E-state index is 0.0243. The van der Waals surface area contributed by atoms with Crippen LogP contribution in [-0.2, 0) is 9.59 Å². The number of carbonyl (C=O) groups is 2. The molecular weight excluding hydrogens is 515 g/mol. The molecule has 4 aromatic rings. The molecule has 1 saturated carbocycles. The monoisotopic (exact) mass is 542 g/mol. The number of fused-ring (bicyclic) bond motifs is 1. The molecule has 7 nitrogen and oxygen atoms in total. The van der Waals surface area contributed by atoms with E-state index in [0.717, 1.165) is 34.6 Å². The molecule has 0 atom stereocenters. The van der Waals surface area contributed by atoms with Gasteiger partial charge in [0.1, 0.15) is 11.2 Å². The number of hydrogen-bond acceptors (Lipinski definition) is 6. The van der Waals surface area contributed by atoms with Crippen LogP contribution in [0, 0.1) is 11.2 Å². The summed E-state index contributed by atoms with van der Waals surface area (Å²) < 4.78 is 22.4. The van der Waals surface area contributed by atoms with Crippen LogP contribution in [-0.4, -0.2) is 41.8 Å². The summed E-state index contributed by atoms with van der Waals surface area (Å²) in [6.45, 7) is 1.90. The molecule has 39 heavy (non-hydrogen) atoms. The lowest BCUT2D eigenvalue weighted by molar-refractivity contribution is -0.133. The van der Waals surface area contributed by atoms with Gasteiger partial charge in [-0.25, -0.2) is 4.39 Å². The predicted molar refractivity (Wildman–Crippen MR) is 151 cm³/mol. The van der Waals surface area contributed by atoms with Gasteiger partial charge in [0, 0.05) is 42.0 Å².